The third-order valence-electron chi connectivity index (χ3n) is 5.24. The van der Waals surface area contributed by atoms with Gasteiger partial charge in [-0.2, -0.15) is 0 Å². The van der Waals surface area contributed by atoms with Crippen molar-refractivity contribution >= 4 is 23.5 Å². The van der Waals surface area contributed by atoms with Crippen LogP contribution in [-0.4, -0.2) is 47.0 Å². The Morgan fingerprint density at radius 3 is 2.52 bits per heavy atom. The number of nitrogens with zero attached hydrogens (tertiary/aromatic N) is 1. The molecule has 3 rings (SSSR count). The van der Waals surface area contributed by atoms with Gasteiger partial charge in [-0.15, -0.1) is 0 Å². The minimum absolute atomic E-state index is 0.00946. The number of hydrogen-bond acceptors (Lipinski definition) is 4. The van der Waals surface area contributed by atoms with Crippen molar-refractivity contribution in [3.05, 3.63) is 29.3 Å². The van der Waals surface area contributed by atoms with Crippen LogP contribution < -0.4 is 10.6 Å². The van der Waals surface area contributed by atoms with Gasteiger partial charge in [0.1, 0.15) is 0 Å². The standard InChI is InChI=1S/C20H27N3O4/c24-12-6-2-5-11-21-20(27)22-14-9-10-16-17(13-14)19(26)23(18(16)25)15-7-3-1-4-8-15/h9-10,13,15,24H,1-8,11-12H2,(H2,21,22,27). The Bertz CT molecular complexity index is 713. The molecule has 4 amide bonds. The molecule has 1 heterocycles. The van der Waals surface area contributed by atoms with E-state index in [-0.39, 0.29) is 30.5 Å². The second-order valence-corrected chi connectivity index (χ2v) is 7.20. The number of carbonyl (C=O) groups excluding carboxylic acids is 3. The highest BCUT2D eigenvalue weighted by molar-refractivity contribution is 6.22. The number of hydrogen-bond donors (Lipinski definition) is 3. The van der Waals surface area contributed by atoms with Gasteiger partial charge in [-0.1, -0.05) is 19.3 Å². The molecule has 0 atom stereocenters. The number of aliphatic hydroxyl groups excluding tert-OH is 1. The average Bonchev–Trinajstić information content (AvgIpc) is 2.92. The first-order valence-corrected chi connectivity index (χ1v) is 9.79. The molecule has 1 fully saturated rings. The topological polar surface area (TPSA) is 98.7 Å². The molecule has 7 nitrogen and oxygen atoms in total. The summed E-state index contributed by atoms with van der Waals surface area (Å²) in [4.78, 5) is 38.8. The van der Waals surface area contributed by atoms with Crippen molar-refractivity contribution in [2.24, 2.45) is 0 Å². The highest BCUT2D eigenvalue weighted by Crippen LogP contribution is 2.32. The molecule has 146 valence electrons. The molecule has 1 aromatic rings. The summed E-state index contributed by atoms with van der Waals surface area (Å²) in [7, 11) is 0. The number of urea groups is 1. The fraction of sp³-hybridized carbons (Fsp3) is 0.550. The molecule has 1 aliphatic carbocycles. The second-order valence-electron chi connectivity index (χ2n) is 7.20. The van der Waals surface area contributed by atoms with E-state index >= 15 is 0 Å². The smallest absolute Gasteiger partial charge is 0.319 e. The summed E-state index contributed by atoms with van der Waals surface area (Å²) < 4.78 is 0. The van der Waals surface area contributed by atoms with Crippen LogP contribution in [0.4, 0.5) is 10.5 Å². The van der Waals surface area contributed by atoms with Crippen LogP contribution in [0.3, 0.4) is 0 Å². The molecule has 1 saturated carbocycles. The first-order chi connectivity index (χ1) is 13.1. The number of benzene rings is 1. The maximum Gasteiger partial charge on any atom is 0.319 e. The fourth-order valence-corrected chi connectivity index (χ4v) is 3.80. The zero-order valence-corrected chi connectivity index (χ0v) is 15.5. The molecule has 27 heavy (non-hydrogen) atoms. The third kappa shape index (κ3) is 4.47. The lowest BCUT2D eigenvalue weighted by Gasteiger charge is -2.29. The van der Waals surface area contributed by atoms with Gasteiger partial charge < -0.3 is 15.7 Å². The number of rotatable bonds is 7. The quantitative estimate of drug-likeness (QED) is 0.505. The molecule has 0 spiro atoms. The number of anilines is 1. The predicted octanol–water partition coefficient (Wildman–Crippen LogP) is 2.90. The van der Waals surface area contributed by atoms with Gasteiger partial charge in [0.15, 0.2) is 0 Å². The molecule has 0 bridgehead atoms. The number of unbranched alkanes of at least 4 members (excludes halogenated alkanes) is 2. The number of nitrogens with one attached hydrogen (secondary N) is 2. The maximum absolute atomic E-state index is 12.8. The first-order valence-electron chi connectivity index (χ1n) is 9.79. The largest absolute Gasteiger partial charge is 0.396 e. The molecule has 7 heteroatoms. The minimum Gasteiger partial charge on any atom is -0.396 e. The van der Waals surface area contributed by atoms with Crippen molar-refractivity contribution in [2.45, 2.75) is 57.4 Å². The number of amides is 4. The summed E-state index contributed by atoms with van der Waals surface area (Å²) >= 11 is 0. The van der Waals surface area contributed by atoms with Gasteiger partial charge in [-0.25, -0.2) is 4.79 Å². The van der Waals surface area contributed by atoms with Gasteiger partial charge in [0.2, 0.25) is 0 Å². The zero-order valence-electron chi connectivity index (χ0n) is 15.5. The monoisotopic (exact) mass is 373 g/mol. The van der Waals surface area contributed by atoms with Crippen LogP contribution in [-0.2, 0) is 0 Å². The molecule has 0 saturated heterocycles. The molecular weight excluding hydrogens is 346 g/mol. The fourth-order valence-electron chi connectivity index (χ4n) is 3.80. The van der Waals surface area contributed by atoms with Gasteiger partial charge in [0.05, 0.1) is 11.1 Å². The summed E-state index contributed by atoms with van der Waals surface area (Å²) in [6.07, 6.45) is 7.35. The van der Waals surface area contributed by atoms with E-state index in [9.17, 15) is 14.4 Å². The van der Waals surface area contributed by atoms with Crippen molar-refractivity contribution in [2.75, 3.05) is 18.5 Å². The lowest BCUT2D eigenvalue weighted by molar-refractivity contribution is 0.0549. The van der Waals surface area contributed by atoms with Gasteiger partial charge in [-0.3, -0.25) is 14.5 Å². The highest BCUT2D eigenvalue weighted by atomic mass is 16.3. The molecule has 3 N–H and O–H groups in total. The van der Waals surface area contributed by atoms with E-state index in [4.69, 9.17) is 5.11 Å². The van der Waals surface area contributed by atoms with E-state index < -0.39 is 0 Å². The Balaban J connectivity index is 1.61. The molecule has 0 aromatic heterocycles. The Morgan fingerprint density at radius 2 is 1.78 bits per heavy atom. The van der Waals surface area contributed by atoms with Crippen LogP contribution in [0, 0.1) is 0 Å². The van der Waals surface area contributed by atoms with E-state index in [1.807, 2.05) is 0 Å². The van der Waals surface area contributed by atoms with Crippen molar-refractivity contribution in [3.63, 3.8) is 0 Å². The Hall–Kier alpha value is -2.41. The lowest BCUT2D eigenvalue weighted by Crippen LogP contribution is -2.40. The Kier molecular flexibility index (Phi) is 6.45. The molecule has 1 aromatic carbocycles. The number of carbonyl (C=O) groups is 3. The maximum atomic E-state index is 12.8. The van der Waals surface area contributed by atoms with Gasteiger partial charge in [0, 0.05) is 24.9 Å². The summed E-state index contributed by atoms with van der Waals surface area (Å²) in [5.74, 6) is -0.475. The summed E-state index contributed by atoms with van der Waals surface area (Å²) in [6.45, 7) is 0.676. The average molecular weight is 373 g/mol. The van der Waals surface area contributed by atoms with E-state index in [0.717, 1.165) is 51.4 Å². The Labute approximate surface area is 159 Å². The number of imide groups is 1. The first kappa shape index (κ1) is 19.4. The number of aliphatic hydroxyl groups is 1. The summed E-state index contributed by atoms with van der Waals surface area (Å²) in [5, 5.41) is 14.2. The minimum atomic E-state index is -0.347. The molecule has 0 radical (unpaired) electrons. The third-order valence-corrected chi connectivity index (χ3v) is 5.24. The van der Waals surface area contributed by atoms with E-state index in [0.29, 0.717) is 23.4 Å². The van der Waals surface area contributed by atoms with Gasteiger partial charge in [-0.05, 0) is 50.3 Å². The van der Waals surface area contributed by atoms with Crippen molar-refractivity contribution in [3.8, 4) is 0 Å². The van der Waals surface area contributed by atoms with Gasteiger partial charge in [0.25, 0.3) is 11.8 Å². The zero-order chi connectivity index (χ0) is 19.2. The van der Waals surface area contributed by atoms with Crippen molar-refractivity contribution in [1.82, 2.24) is 10.2 Å². The predicted molar refractivity (Wildman–Crippen MR) is 102 cm³/mol. The summed E-state index contributed by atoms with van der Waals surface area (Å²) in [6, 6.07) is 4.50. The van der Waals surface area contributed by atoms with Crippen LogP contribution in [0.5, 0.6) is 0 Å². The van der Waals surface area contributed by atoms with Crippen LogP contribution in [0.2, 0.25) is 0 Å². The SMILES string of the molecule is O=C(NCCCCCO)Nc1ccc2c(c1)C(=O)N(C1CCCCC1)C2=O. The molecule has 0 unspecified atom stereocenters. The van der Waals surface area contributed by atoms with E-state index in [1.165, 1.54) is 4.90 Å². The van der Waals surface area contributed by atoms with Gasteiger partial charge >= 0.3 is 6.03 Å². The van der Waals surface area contributed by atoms with E-state index in [2.05, 4.69) is 10.6 Å². The molecular formula is C20H27N3O4. The highest BCUT2D eigenvalue weighted by Gasteiger charge is 2.40. The second kappa shape index (κ2) is 8.99. The van der Waals surface area contributed by atoms with Crippen molar-refractivity contribution in [1.29, 1.82) is 0 Å². The van der Waals surface area contributed by atoms with Crippen LogP contribution >= 0.6 is 0 Å². The van der Waals surface area contributed by atoms with Crippen LogP contribution in [0.1, 0.15) is 72.1 Å². The Morgan fingerprint density at radius 1 is 1.04 bits per heavy atom. The van der Waals surface area contributed by atoms with Crippen LogP contribution in [0.25, 0.3) is 0 Å². The summed E-state index contributed by atoms with van der Waals surface area (Å²) in [5.41, 5.74) is 1.28. The molecule has 2 aliphatic rings. The van der Waals surface area contributed by atoms with E-state index in [1.54, 1.807) is 18.2 Å². The van der Waals surface area contributed by atoms with Crippen LogP contribution in [0.15, 0.2) is 18.2 Å². The van der Waals surface area contributed by atoms with Crippen molar-refractivity contribution < 1.29 is 19.5 Å². The number of fused-ring (bicyclic) bond motifs is 1. The molecule has 1 aliphatic heterocycles. The lowest BCUT2D eigenvalue weighted by atomic mass is 9.94. The normalized spacial score (nSPS) is 17.1.